The number of amides is 1. The number of nitrogens with one attached hydrogen (secondary N) is 1. The van der Waals surface area contributed by atoms with Gasteiger partial charge in [0.15, 0.2) is 0 Å². The van der Waals surface area contributed by atoms with Crippen molar-refractivity contribution < 1.29 is 9.53 Å². The second-order valence-corrected chi connectivity index (χ2v) is 4.91. The topological polar surface area (TPSA) is 64.3 Å². The van der Waals surface area contributed by atoms with Crippen LogP contribution in [-0.2, 0) is 4.79 Å². The van der Waals surface area contributed by atoms with Crippen LogP contribution < -0.4 is 15.8 Å². The maximum atomic E-state index is 12.2. The van der Waals surface area contributed by atoms with Crippen molar-refractivity contribution in [2.24, 2.45) is 11.7 Å². The van der Waals surface area contributed by atoms with Gasteiger partial charge >= 0.3 is 0 Å². The fourth-order valence-electron chi connectivity index (χ4n) is 2.05. The average Bonchev–Trinajstić information content (AvgIpc) is 2.81. The first-order valence-corrected chi connectivity index (χ1v) is 6.35. The molecule has 3 N–H and O–H groups in total. The minimum atomic E-state index is -0.200. The third-order valence-electron chi connectivity index (χ3n) is 3.61. The molecule has 98 valence electrons. The number of nitrogens with two attached hydrogens (primary N) is 1. The quantitative estimate of drug-likeness (QED) is 0.843. The van der Waals surface area contributed by atoms with Gasteiger partial charge < -0.3 is 15.8 Å². The van der Waals surface area contributed by atoms with Crippen molar-refractivity contribution in [2.45, 2.75) is 25.8 Å². The van der Waals surface area contributed by atoms with Crippen LogP contribution in [0.1, 0.15) is 25.3 Å². The fourth-order valence-corrected chi connectivity index (χ4v) is 2.05. The van der Waals surface area contributed by atoms with Gasteiger partial charge in [0.05, 0.1) is 0 Å². The van der Waals surface area contributed by atoms with E-state index in [0.717, 1.165) is 11.3 Å². The molecule has 0 bridgehead atoms. The zero-order chi connectivity index (χ0) is 13.1. The van der Waals surface area contributed by atoms with Crippen molar-refractivity contribution in [1.82, 2.24) is 5.32 Å². The van der Waals surface area contributed by atoms with Crippen LogP contribution in [0.3, 0.4) is 0 Å². The molecule has 0 spiro atoms. The maximum Gasteiger partial charge on any atom is 0.231 e. The summed E-state index contributed by atoms with van der Waals surface area (Å²) in [4.78, 5) is 12.2. The highest BCUT2D eigenvalue weighted by molar-refractivity contribution is 5.85. The molecule has 0 saturated carbocycles. The molecule has 1 aliphatic rings. The van der Waals surface area contributed by atoms with E-state index in [4.69, 9.17) is 10.5 Å². The van der Waals surface area contributed by atoms with E-state index in [1.807, 2.05) is 38.1 Å². The third kappa shape index (κ3) is 2.48. The number of benzene rings is 1. The number of ether oxygens (including phenoxy) is 1. The van der Waals surface area contributed by atoms with E-state index < -0.39 is 0 Å². The number of para-hydroxylation sites is 1. The molecule has 18 heavy (non-hydrogen) atoms. The van der Waals surface area contributed by atoms with E-state index in [2.05, 4.69) is 5.32 Å². The summed E-state index contributed by atoms with van der Waals surface area (Å²) in [5.41, 5.74) is 6.58. The smallest absolute Gasteiger partial charge is 0.231 e. The fraction of sp³-hybridized carbons (Fsp3) is 0.500. The molecule has 4 heteroatoms. The lowest BCUT2D eigenvalue weighted by atomic mass is 9.98. The minimum Gasteiger partial charge on any atom is -0.492 e. The summed E-state index contributed by atoms with van der Waals surface area (Å²) in [5, 5.41) is 3.01. The Kier molecular flexibility index (Phi) is 3.87. The SMILES string of the molecule is CC(CN)C(C)NC(=O)C1COc2ccccc21. The van der Waals surface area contributed by atoms with Gasteiger partial charge in [-0.15, -0.1) is 0 Å². The normalized spacial score (nSPS) is 20.7. The number of hydrogen-bond acceptors (Lipinski definition) is 3. The predicted octanol–water partition coefficient (Wildman–Crippen LogP) is 1.26. The van der Waals surface area contributed by atoms with Crippen molar-refractivity contribution in [1.29, 1.82) is 0 Å². The first kappa shape index (κ1) is 12.9. The first-order valence-electron chi connectivity index (χ1n) is 6.35. The minimum absolute atomic E-state index is 0.0211. The van der Waals surface area contributed by atoms with E-state index >= 15 is 0 Å². The summed E-state index contributed by atoms with van der Waals surface area (Å²) in [7, 11) is 0. The van der Waals surface area contributed by atoms with Gasteiger partial charge in [0.25, 0.3) is 0 Å². The lowest BCUT2D eigenvalue weighted by Gasteiger charge is -2.21. The van der Waals surface area contributed by atoms with Gasteiger partial charge in [0.1, 0.15) is 18.3 Å². The van der Waals surface area contributed by atoms with Crippen LogP contribution in [-0.4, -0.2) is 25.1 Å². The van der Waals surface area contributed by atoms with Crippen LogP contribution in [0.25, 0.3) is 0 Å². The molecule has 1 heterocycles. The lowest BCUT2D eigenvalue weighted by Crippen LogP contribution is -2.42. The molecule has 0 saturated heterocycles. The molecule has 0 aromatic heterocycles. The van der Waals surface area contributed by atoms with Crippen LogP contribution in [0.2, 0.25) is 0 Å². The van der Waals surface area contributed by atoms with Crippen molar-refractivity contribution in [3.8, 4) is 5.75 Å². The molecule has 1 aromatic carbocycles. The van der Waals surface area contributed by atoms with Gasteiger partial charge in [-0.25, -0.2) is 0 Å². The highest BCUT2D eigenvalue weighted by Crippen LogP contribution is 2.33. The summed E-state index contributed by atoms with van der Waals surface area (Å²) in [6.45, 7) is 5.01. The molecule has 0 radical (unpaired) electrons. The van der Waals surface area contributed by atoms with Crippen LogP contribution in [0.15, 0.2) is 24.3 Å². The second kappa shape index (κ2) is 5.40. The van der Waals surface area contributed by atoms with E-state index in [9.17, 15) is 4.79 Å². The zero-order valence-corrected chi connectivity index (χ0v) is 10.8. The Morgan fingerprint density at radius 2 is 2.22 bits per heavy atom. The number of carbonyl (C=O) groups is 1. The molecule has 3 unspecified atom stereocenters. The lowest BCUT2D eigenvalue weighted by molar-refractivity contribution is -0.123. The molecule has 4 nitrogen and oxygen atoms in total. The molecule has 1 amide bonds. The summed E-state index contributed by atoms with van der Waals surface area (Å²) in [6.07, 6.45) is 0. The van der Waals surface area contributed by atoms with Gasteiger partial charge in [-0.1, -0.05) is 25.1 Å². The molecular formula is C14H20N2O2. The van der Waals surface area contributed by atoms with Gasteiger partial charge in [-0.2, -0.15) is 0 Å². The Morgan fingerprint density at radius 3 is 2.94 bits per heavy atom. The molecule has 2 rings (SSSR count). The Labute approximate surface area is 108 Å². The first-order chi connectivity index (χ1) is 8.63. The number of fused-ring (bicyclic) bond motifs is 1. The van der Waals surface area contributed by atoms with Crippen molar-refractivity contribution in [2.75, 3.05) is 13.2 Å². The largest absolute Gasteiger partial charge is 0.492 e. The molecule has 1 aliphatic heterocycles. The predicted molar refractivity (Wildman–Crippen MR) is 70.5 cm³/mol. The number of hydrogen-bond donors (Lipinski definition) is 2. The number of carbonyl (C=O) groups excluding carboxylic acids is 1. The van der Waals surface area contributed by atoms with E-state index in [1.54, 1.807) is 0 Å². The molecule has 3 atom stereocenters. The number of rotatable bonds is 4. The Morgan fingerprint density at radius 1 is 1.50 bits per heavy atom. The van der Waals surface area contributed by atoms with Crippen LogP contribution in [0, 0.1) is 5.92 Å². The van der Waals surface area contributed by atoms with Gasteiger partial charge in [-0.05, 0) is 25.5 Å². The van der Waals surface area contributed by atoms with Crippen molar-refractivity contribution >= 4 is 5.91 Å². The summed E-state index contributed by atoms with van der Waals surface area (Å²) < 4.78 is 5.52. The van der Waals surface area contributed by atoms with E-state index in [-0.39, 0.29) is 23.8 Å². The van der Waals surface area contributed by atoms with Crippen molar-refractivity contribution in [3.63, 3.8) is 0 Å². The van der Waals surface area contributed by atoms with Crippen LogP contribution in [0.5, 0.6) is 5.75 Å². The molecule has 0 aliphatic carbocycles. The van der Waals surface area contributed by atoms with E-state index in [1.165, 1.54) is 0 Å². The third-order valence-corrected chi connectivity index (χ3v) is 3.61. The van der Waals surface area contributed by atoms with Gasteiger partial charge in [-0.3, -0.25) is 4.79 Å². The highest BCUT2D eigenvalue weighted by Gasteiger charge is 2.31. The summed E-state index contributed by atoms with van der Waals surface area (Å²) in [5.74, 6) is 0.907. The molecular weight excluding hydrogens is 228 g/mol. The van der Waals surface area contributed by atoms with Crippen LogP contribution >= 0.6 is 0 Å². The summed E-state index contributed by atoms with van der Waals surface area (Å²) in [6, 6.07) is 7.77. The summed E-state index contributed by atoms with van der Waals surface area (Å²) >= 11 is 0. The maximum absolute atomic E-state index is 12.2. The van der Waals surface area contributed by atoms with Crippen molar-refractivity contribution in [3.05, 3.63) is 29.8 Å². The Hall–Kier alpha value is -1.55. The van der Waals surface area contributed by atoms with Gasteiger partial charge in [0.2, 0.25) is 5.91 Å². The highest BCUT2D eigenvalue weighted by atomic mass is 16.5. The zero-order valence-electron chi connectivity index (χ0n) is 10.8. The Bertz CT molecular complexity index is 434. The average molecular weight is 248 g/mol. The monoisotopic (exact) mass is 248 g/mol. The second-order valence-electron chi connectivity index (χ2n) is 4.91. The standard InChI is InChI=1S/C14H20N2O2/c1-9(7-15)10(2)16-14(17)12-8-18-13-6-4-3-5-11(12)13/h3-6,9-10,12H,7-8,15H2,1-2H3,(H,16,17). The van der Waals surface area contributed by atoms with Gasteiger partial charge in [0, 0.05) is 11.6 Å². The van der Waals surface area contributed by atoms with Crippen LogP contribution in [0.4, 0.5) is 0 Å². The molecule has 1 aromatic rings. The van der Waals surface area contributed by atoms with E-state index in [0.29, 0.717) is 13.2 Å². The Balaban J connectivity index is 2.03. The molecule has 0 fully saturated rings.